The van der Waals surface area contributed by atoms with Gasteiger partial charge in [-0.2, -0.15) is 0 Å². The largest absolute Gasteiger partial charge is 0.493 e. The van der Waals surface area contributed by atoms with Gasteiger partial charge in [-0.05, 0) is 59.9 Å². The molecule has 1 fully saturated rings. The van der Waals surface area contributed by atoms with Gasteiger partial charge in [0, 0.05) is 30.6 Å². The van der Waals surface area contributed by atoms with E-state index in [0.717, 1.165) is 37.2 Å². The molecule has 0 N–H and O–H groups in total. The quantitative estimate of drug-likeness (QED) is 0.466. The molecule has 2 aliphatic rings. The molecule has 3 heterocycles. The second kappa shape index (κ2) is 10.3. The Labute approximate surface area is 216 Å². The van der Waals surface area contributed by atoms with E-state index in [0.29, 0.717) is 28.5 Å². The van der Waals surface area contributed by atoms with Crippen LogP contribution in [0.15, 0.2) is 60.0 Å². The van der Waals surface area contributed by atoms with E-state index < -0.39 is 5.92 Å². The van der Waals surface area contributed by atoms with Crippen molar-refractivity contribution in [2.24, 2.45) is 5.92 Å². The van der Waals surface area contributed by atoms with Gasteiger partial charge in [0.05, 0.1) is 26.2 Å². The first-order valence-corrected chi connectivity index (χ1v) is 13.3. The van der Waals surface area contributed by atoms with Crippen molar-refractivity contribution < 1.29 is 19.1 Å². The summed E-state index contributed by atoms with van der Waals surface area (Å²) in [5.41, 5.74) is 2.56. The molecule has 2 unspecified atom stereocenters. The maximum atomic E-state index is 14.2. The molecular weight excluding hydrogens is 472 g/mol. The van der Waals surface area contributed by atoms with E-state index in [4.69, 9.17) is 9.47 Å². The summed E-state index contributed by atoms with van der Waals surface area (Å²) in [4.78, 5) is 32.4. The monoisotopic (exact) mass is 504 g/mol. The first-order chi connectivity index (χ1) is 17.5. The van der Waals surface area contributed by atoms with Crippen molar-refractivity contribution >= 4 is 23.2 Å². The number of likely N-dealkylation sites (N-methyl/N-ethyl adjacent to an activating group) is 1. The third kappa shape index (κ3) is 4.48. The van der Waals surface area contributed by atoms with Crippen molar-refractivity contribution in [2.75, 3.05) is 34.4 Å². The molecule has 7 heteroatoms. The van der Waals surface area contributed by atoms with Gasteiger partial charge in [0.1, 0.15) is 0 Å². The van der Waals surface area contributed by atoms with Crippen LogP contribution in [0, 0.1) is 5.92 Å². The zero-order chi connectivity index (χ0) is 25.2. The van der Waals surface area contributed by atoms with Crippen LogP contribution in [0.4, 0.5) is 0 Å². The number of likely N-dealkylation sites (tertiary alicyclic amines) is 1. The lowest BCUT2D eigenvalue weighted by atomic mass is 9.80. The molecule has 0 spiro atoms. The molecule has 3 aromatic rings. The van der Waals surface area contributed by atoms with E-state index >= 15 is 0 Å². The van der Waals surface area contributed by atoms with Crippen molar-refractivity contribution in [3.05, 3.63) is 81.5 Å². The molecule has 36 heavy (non-hydrogen) atoms. The number of carbonyl (C=O) groups excluding carboxylic acids is 2. The van der Waals surface area contributed by atoms with E-state index in [9.17, 15) is 9.59 Å². The van der Waals surface area contributed by atoms with Crippen LogP contribution in [0.25, 0.3) is 0 Å². The predicted octanol–water partition coefficient (Wildman–Crippen LogP) is 5.16. The highest BCUT2D eigenvalue weighted by Crippen LogP contribution is 2.47. The first kappa shape index (κ1) is 24.4. The van der Waals surface area contributed by atoms with Crippen LogP contribution in [0.5, 0.6) is 11.5 Å². The van der Waals surface area contributed by atoms with Gasteiger partial charge in [-0.1, -0.05) is 36.4 Å². The predicted molar refractivity (Wildman–Crippen MR) is 141 cm³/mol. The minimum absolute atomic E-state index is 0.0689. The summed E-state index contributed by atoms with van der Waals surface area (Å²) in [5.74, 6) is 1.02. The summed E-state index contributed by atoms with van der Waals surface area (Å²) >= 11 is 1.58. The number of thiophene rings is 1. The van der Waals surface area contributed by atoms with Gasteiger partial charge < -0.3 is 19.3 Å². The van der Waals surface area contributed by atoms with Crippen molar-refractivity contribution in [1.82, 2.24) is 9.80 Å². The van der Waals surface area contributed by atoms with E-state index in [1.54, 1.807) is 43.6 Å². The average molecular weight is 505 g/mol. The Bertz CT molecular complexity index is 1220. The third-order valence-electron chi connectivity index (χ3n) is 7.57. The topological polar surface area (TPSA) is 59.1 Å². The highest BCUT2D eigenvalue weighted by atomic mass is 32.1. The zero-order valence-corrected chi connectivity index (χ0v) is 21.8. The van der Waals surface area contributed by atoms with Crippen LogP contribution < -0.4 is 9.47 Å². The molecule has 188 valence electrons. The molecular formula is C29H32N2O4S. The van der Waals surface area contributed by atoms with E-state index in [1.807, 2.05) is 34.5 Å². The molecule has 6 nitrogen and oxygen atoms in total. The standard InChI is InChI=1S/C29H32N2O4S/c1-30-27(25-10-7-15-36-25)26(21-17-23(34-2)24(35-3)18-22(21)28(30)32)29(33)31-13-11-20(12-14-31)16-19-8-5-4-6-9-19/h4-10,15,17-18,20,26-27H,11-14,16H2,1-3H3. The Kier molecular flexibility index (Phi) is 7.01. The maximum Gasteiger partial charge on any atom is 0.254 e. The normalized spacial score (nSPS) is 20.2. The van der Waals surface area contributed by atoms with Crippen molar-refractivity contribution in [2.45, 2.75) is 31.2 Å². The lowest BCUT2D eigenvalue weighted by Gasteiger charge is -2.42. The Morgan fingerprint density at radius 2 is 1.69 bits per heavy atom. The van der Waals surface area contributed by atoms with Gasteiger partial charge in [-0.3, -0.25) is 9.59 Å². The second-order valence-electron chi connectivity index (χ2n) is 9.61. The molecule has 0 bridgehead atoms. The summed E-state index contributed by atoms with van der Waals surface area (Å²) < 4.78 is 11.0. The van der Waals surface area contributed by atoms with Crippen molar-refractivity contribution in [3.63, 3.8) is 0 Å². The van der Waals surface area contributed by atoms with Crippen molar-refractivity contribution in [3.8, 4) is 11.5 Å². The number of nitrogens with zero attached hydrogens (tertiary/aromatic N) is 2. The van der Waals surface area contributed by atoms with Gasteiger partial charge in [-0.15, -0.1) is 11.3 Å². The fourth-order valence-electron chi connectivity index (χ4n) is 5.63. The highest BCUT2D eigenvalue weighted by molar-refractivity contribution is 7.10. The number of hydrogen-bond acceptors (Lipinski definition) is 5. The van der Waals surface area contributed by atoms with Crippen LogP contribution in [-0.4, -0.2) is 56.0 Å². The molecule has 0 radical (unpaired) electrons. The fourth-order valence-corrected chi connectivity index (χ4v) is 6.54. The maximum absolute atomic E-state index is 14.2. The van der Waals surface area contributed by atoms with Gasteiger partial charge in [0.2, 0.25) is 5.91 Å². The van der Waals surface area contributed by atoms with Crippen molar-refractivity contribution in [1.29, 1.82) is 0 Å². The molecule has 2 aliphatic heterocycles. The summed E-state index contributed by atoms with van der Waals surface area (Å²) in [6.45, 7) is 1.45. The molecule has 0 aliphatic carbocycles. The Balaban J connectivity index is 1.46. The minimum Gasteiger partial charge on any atom is -0.493 e. The van der Waals surface area contributed by atoms with E-state index in [-0.39, 0.29) is 17.9 Å². The third-order valence-corrected chi connectivity index (χ3v) is 8.51. The Morgan fingerprint density at radius 1 is 1.00 bits per heavy atom. The Hall–Kier alpha value is -3.32. The smallest absolute Gasteiger partial charge is 0.254 e. The first-order valence-electron chi connectivity index (χ1n) is 12.4. The second-order valence-corrected chi connectivity index (χ2v) is 10.6. The fraction of sp³-hybridized carbons (Fsp3) is 0.379. The number of methoxy groups -OCH3 is 2. The summed E-state index contributed by atoms with van der Waals surface area (Å²) in [6, 6.07) is 17.7. The minimum atomic E-state index is -0.508. The number of carbonyl (C=O) groups is 2. The van der Waals surface area contributed by atoms with Crippen LogP contribution in [-0.2, 0) is 11.2 Å². The van der Waals surface area contributed by atoms with Crippen LogP contribution in [0.2, 0.25) is 0 Å². The summed E-state index contributed by atoms with van der Waals surface area (Å²) in [5, 5.41) is 1.99. The molecule has 2 amide bonds. The number of amides is 2. The Morgan fingerprint density at radius 3 is 2.33 bits per heavy atom. The van der Waals surface area contributed by atoms with Gasteiger partial charge >= 0.3 is 0 Å². The zero-order valence-electron chi connectivity index (χ0n) is 21.0. The van der Waals surface area contributed by atoms with E-state index in [1.165, 1.54) is 5.56 Å². The van der Waals surface area contributed by atoms with E-state index in [2.05, 4.69) is 24.3 Å². The number of piperidine rings is 1. The molecule has 5 rings (SSSR count). The SMILES string of the molecule is COc1cc2c(cc1OC)C(C(=O)N1CCC(Cc3ccccc3)CC1)C(c1cccs1)N(C)C2=O. The van der Waals surface area contributed by atoms with Gasteiger partial charge in [0.15, 0.2) is 11.5 Å². The number of fused-ring (bicyclic) bond motifs is 1. The average Bonchev–Trinajstić information content (AvgIpc) is 3.45. The number of benzene rings is 2. The molecule has 1 aromatic heterocycles. The highest BCUT2D eigenvalue weighted by Gasteiger charge is 2.45. The lowest BCUT2D eigenvalue weighted by Crippen LogP contribution is -2.48. The number of ether oxygens (including phenoxy) is 2. The van der Waals surface area contributed by atoms with Gasteiger partial charge in [-0.25, -0.2) is 0 Å². The molecule has 0 saturated carbocycles. The van der Waals surface area contributed by atoms with Crippen LogP contribution in [0.3, 0.4) is 0 Å². The van der Waals surface area contributed by atoms with Crippen LogP contribution >= 0.6 is 11.3 Å². The molecule has 1 saturated heterocycles. The molecule has 2 aromatic carbocycles. The lowest BCUT2D eigenvalue weighted by molar-refractivity contribution is -0.135. The summed E-state index contributed by atoms with van der Waals surface area (Å²) in [6.07, 6.45) is 3.00. The van der Waals surface area contributed by atoms with Gasteiger partial charge in [0.25, 0.3) is 5.91 Å². The number of hydrogen-bond donors (Lipinski definition) is 0. The summed E-state index contributed by atoms with van der Waals surface area (Å²) in [7, 11) is 4.92. The molecule has 2 atom stereocenters. The number of rotatable bonds is 6. The van der Waals surface area contributed by atoms with Crippen LogP contribution in [0.1, 0.15) is 51.2 Å².